The van der Waals surface area contributed by atoms with Crippen LogP contribution < -0.4 is 14.2 Å². The zero-order valence-electron chi connectivity index (χ0n) is 17.7. The Bertz CT molecular complexity index is 1120. The average Bonchev–Trinajstić information content (AvgIpc) is 2.81. The molecule has 3 aromatic rings. The van der Waals surface area contributed by atoms with Crippen LogP contribution in [-0.4, -0.2) is 20.0 Å². The van der Waals surface area contributed by atoms with Crippen LogP contribution in [0.15, 0.2) is 72.3 Å². The first kappa shape index (κ1) is 21.7. The summed E-state index contributed by atoms with van der Waals surface area (Å²) in [4.78, 5) is 12.9. The van der Waals surface area contributed by atoms with E-state index in [0.29, 0.717) is 35.0 Å². The number of nitrogens with zero attached hydrogens (tertiary/aromatic N) is 1. The minimum atomic E-state index is -0.331. The minimum absolute atomic E-state index is 0.0244. The second-order valence-corrected chi connectivity index (χ2v) is 6.84. The average molecular weight is 413 g/mol. The van der Waals surface area contributed by atoms with Gasteiger partial charge in [-0.05, 0) is 41.8 Å². The zero-order valence-corrected chi connectivity index (χ0v) is 17.7. The molecule has 156 valence electrons. The van der Waals surface area contributed by atoms with Crippen LogP contribution in [0.2, 0.25) is 0 Å². The SMILES string of the molecule is COc1cc(/C=C(\C#N)C(=O)c2ccccc2C)cc(OC)c1OCc1ccccc1. The topological polar surface area (TPSA) is 68.5 Å². The van der Waals surface area contributed by atoms with Crippen molar-refractivity contribution in [1.29, 1.82) is 5.26 Å². The predicted molar refractivity (Wildman–Crippen MR) is 119 cm³/mol. The molecule has 0 aliphatic rings. The fourth-order valence-electron chi connectivity index (χ4n) is 3.14. The van der Waals surface area contributed by atoms with E-state index in [0.717, 1.165) is 11.1 Å². The van der Waals surface area contributed by atoms with Gasteiger partial charge in [0.15, 0.2) is 11.5 Å². The van der Waals surface area contributed by atoms with Crippen molar-refractivity contribution in [3.63, 3.8) is 0 Å². The molecular formula is C26H23NO4. The molecule has 0 fully saturated rings. The molecule has 0 heterocycles. The molecule has 0 N–H and O–H groups in total. The summed E-state index contributed by atoms with van der Waals surface area (Å²) in [5.41, 5.74) is 2.94. The lowest BCUT2D eigenvalue weighted by Gasteiger charge is -2.15. The fourth-order valence-corrected chi connectivity index (χ4v) is 3.14. The van der Waals surface area contributed by atoms with Crippen molar-refractivity contribution in [3.05, 3.63) is 94.6 Å². The standard InChI is InChI=1S/C26H23NO4/c1-18-9-7-8-12-22(18)25(28)21(16-27)13-20-14-23(29-2)26(24(15-20)30-3)31-17-19-10-5-4-6-11-19/h4-15H,17H2,1-3H3/b21-13+. The van der Waals surface area contributed by atoms with E-state index in [-0.39, 0.29) is 11.4 Å². The molecular weight excluding hydrogens is 390 g/mol. The van der Waals surface area contributed by atoms with Crippen LogP contribution in [0.1, 0.15) is 27.0 Å². The van der Waals surface area contributed by atoms with Crippen LogP contribution in [0.5, 0.6) is 17.2 Å². The highest BCUT2D eigenvalue weighted by molar-refractivity contribution is 6.14. The van der Waals surface area contributed by atoms with Crippen molar-refractivity contribution >= 4 is 11.9 Å². The third-order valence-corrected chi connectivity index (χ3v) is 4.77. The molecule has 0 saturated heterocycles. The summed E-state index contributed by atoms with van der Waals surface area (Å²) in [6, 6.07) is 22.4. The number of hydrogen-bond acceptors (Lipinski definition) is 5. The lowest BCUT2D eigenvalue weighted by Crippen LogP contribution is -2.04. The number of ether oxygens (including phenoxy) is 3. The number of nitriles is 1. The Morgan fingerprint density at radius 1 is 0.968 bits per heavy atom. The van der Waals surface area contributed by atoms with Gasteiger partial charge in [-0.15, -0.1) is 0 Å². The van der Waals surface area contributed by atoms with Gasteiger partial charge >= 0.3 is 0 Å². The highest BCUT2D eigenvalue weighted by Crippen LogP contribution is 2.39. The monoisotopic (exact) mass is 413 g/mol. The highest BCUT2D eigenvalue weighted by atomic mass is 16.5. The van der Waals surface area contributed by atoms with E-state index >= 15 is 0 Å². The summed E-state index contributed by atoms with van der Waals surface area (Å²) in [5, 5.41) is 9.60. The molecule has 0 amide bonds. The molecule has 0 bridgehead atoms. The normalized spacial score (nSPS) is 10.8. The third kappa shape index (κ3) is 5.12. The van der Waals surface area contributed by atoms with Gasteiger partial charge in [-0.25, -0.2) is 0 Å². The van der Waals surface area contributed by atoms with E-state index in [9.17, 15) is 10.1 Å². The van der Waals surface area contributed by atoms with Gasteiger partial charge < -0.3 is 14.2 Å². The summed E-state index contributed by atoms with van der Waals surface area (Å²) < 4.78 is 16.9. The van der Waals surface area contributed by atoms with Crippen molar-refractivity contribution < 1.29 is 19.0 Å². The Balaban J connectivity index is 1.95. The van der Waals surface area contributed by atoms with Gasteiger partial charge in [0.2, 0.25) is 11.5 Å². The van der Waals surface area contributed by atoms with Crippen LogP contribution in [0.25, 0.3) is 6.08 Å². The number of aryl methyl sites for hydroxylation is 1. The maximum Gasteiger partial charge on any atom is 0.203 e. The molecule has 0 saturated carbocycles. The number of allylic oxidation sites excluding steroid dienone is 1. The maximum absolute atomic E-state index is 12.9. The Labute approximate surface area is 182 Å². The molecule has 3 rings (SSSR count). The molecule has 3 aromatic carbocycles. The van der Waals surface area contributed by atoms with Gasteiger partial charge in [-0.1, -0.05) is 54.6 Å². The van der Waals surface area contributed by atoms with Crippen LogP contribution in [0.3, 0.4) is 0 Å². The van der Waals surface area contributed by atoms with Crippen LogP contribution in [-0.2, 0) is 6.61 Å². The molecule has 31 heavy (non-hydrogen) atoms. The molecule has 0 spiro atoms. The van der Waals surface area contributed by atoms with E-state index < -0.39 is 0 Å². The number of rotatable bonds is 8. The first-order valence-electron chi connectivity index (χ1n) is 9.72. The molecule has 0 aliphatic heterocycles. The molecule has 0 aromatic heterocycles. The van der Waals surface area contributed by atoms with Gasteiger partial charge in [0.1, 0.15) is 18.2 Å². The van der Waals surface area contributed by atoms with E-state index in [1.807, 2.05) is 55.5 Å². The van der Waals surface area contributed by atoms with Crippen molar-refractivity contribution in [1.82, 2.24) is 0 Å². The first-order valence-corrected chi connectivity index (χ1v) is 9.72. The second-order valence-electron chi connectivity index (χ2n) is 6.84. The van der Waals surface area contributed by atoms with E-state index in [1.54, 1.807) is 24.3 Å². The summed E-state index contributed by atoms with van der Waals surface area (Å²) >= 11 is 0. The molecule has 0 unspecified atom stereocenters. The predicted octanol–water partition coefficient (Wildman–Crippen LogP) is 5.38. The highest BCUT2D eigenvalue weighted by Gasteiger charge is 2.17. The van der Waals surface area contributed by atoms with E-state index in [2.05, 4.69) is 0 Å². The van der Waals surface area contributed by atoms with Gasteiger partial charge in [-0.3, -0.25) is 4.79 Å². The fraction of sp³-hybridized carbons (Fsp3) is 0.154. The van der Waals surface area contributed by atoms with Crippen LogP contribution >= 0.6 is 0 Å². The number of hydrogen-bond donors (Lipinski definition) is 0. The van der Waals surface area contributed by atoms with Gasteiger partial charge in [-0.2, -0.15) is 5.26 Å². The van der Waals surface area contributed by atoms with Gasteiger partial charge in [0.25, 0.3) is 0 Å². The van der Waals surface area contributed by atoms with Crippen LogP contribution in [0, 0.1) is 18.3 Å². The van der Waals surface area contributed by atoms with Crippen molar-refractivity contribution in [2.75, 3.05) is 14.2 Å². The zero-order chi connectivity index (χ0) is 22.2. The quantitative estimate of drug-likeness (QED) is 0.282. The smallest absolute Gasteiger partial charge is 0.203 e. The minimum Gasteiger partial charge on any atom is -0.493 e. The van der Waals surface area contributed by atoms with Gasteiger partial charge in [0, 0.05) is 5.56 Å². The first-order chi connectivity index (χ1) is 15.1. The number of benzene rings is 3. The summed E-state index contributed by atoms with van der Waals surface area (Å²) in [6.45, 7) is 2.19. The Hall–Kier alpha value is -4.04. The maximum atomic E-state index is 12.9. The molecule has 5 heteroatoms. The number of methoxy groups -OCH3 is 2. The lowest BCUT2D eigenvalue weighted by atomic mass is 9.98. The van der Waals surface area contributed by atoms with Gasteiger partial charge in [0.05, 0.1) is 14.2 Å². The molecule has 5 nitrogen and oxygen atoms in total. The summed E-state index contributed by atoms with van der Waals surface area (Å²) in [6.07, 6.45) is 1.53. The number of carbonyl (C=O) groups excluding carboxylic acids is 1. The summed E-state index contributed by atoms with van der Waals surface area (Å²) in [5.74, 6) is 1.02. The molecule has 0 aliphatic carbocycles. The third-order valence-electron chi connectivity index (χ3n) is 4.77. The van der Waals surface area contributed by atoms with E-state index in [4.69, 9.17) is 14.2 Å². The number of ketones is 1. The lowest BCUT2D eigenvalue weighted by molar-refractivity contribution is 0.103. The largest absolute Gasteiger partial charge is 0.493 e. The van der Waals surface area contributed by atoms with Crippen molar-refractivity contribution in [2.45, 2.75) is 13.5 Å². The Kier molecular flexibility index (Phi) is 7.08. The van der Waals surface area contributed by atoms with E-state index in [1.165, 1.54) is 20.3 Å². The number of carbonyl (C=O) groups is 1. The Morgan fingerprint density at radius 3 is 2.16 bits per heavy atom. The van der Waals surface area contributed by atoms with Crippen LogP contribution in [0.4, 0.5) is 0 Å². The van der Waals surface area contributed by atoms with Crippen molar-refractivity contribution in [3.8, 4) is 23.3 Å². The molecule has 0 radical (unpaired) electrons. The number of Topliss-reactive ketones (excluding diaryl/α,β-unsaturated/α-hetero) is 1. The second kappa shape index (κ2) is 10.1. The molecule has 0 atom stereocenters. The summed E-state index contributed by atoms with van der Waals surface area (Å²) in [7, 11) is 3.06. The Morgan fingerprint density at radius 2 is 1.58 bits per heavy atom. The van der Waals surface area contributed by atoms with Crippen molar-refractivity contribution in [2.24, 2.45) is 0 Å².